The van der Waals surface area contributed by atoms with Crippen LogP contribution in [0.15, 0.2) is 23.7 Å². The smallest absolute Gasteiger partial charge is 0.271 e. The van der Waals surface area contributed by atoms with E-state index in [1.807, 2.05) is 30.1 Å². The molecule has 0 radical (unpaired) electrons. The van der Waals surface area contributed by atoms with Crippen LogP contribution in [0.1, 0.15) is 42.1 Å². The summed E-state index contributed by atoms with van der Waals surface area (Å²) in [6.45, 7) is 9.45. The number of carbonyl (C=O) groups is 1. The average molecular weight is 422 g/mol. The molecular weight excluding hydrogens is 394 g/mol. The van der Waals surface area contributed by atoms with E-state index >= 15 is 0 Å². The number of thiophene rings is 1. The first-order chi connectivity index (χ1) is 13.6. The average Bonchev–Trinajstić information content (AvgIpc) is 3.22. The van der Waals surface area contributed by atoms with Gasteiger partial charge in [-0.2, -0.15) is 0 Å². The van der Waals surface area contributed by atoms with Crippen molar-refractivity contribution in [2.45, 2.75) is 33.2 Å². The summed E-state index contributed by atoms with van der Waals surface area (Å²) in [6, 6.07) is 4.29. The molecule has 0 spiro atoms. The number of aromatic nitrogens is 2. The number of hydrogen-bond acceptors (Lipinski definition) is 6. The van der Waals surface area contributed by atoms with Gasteiger partial charge in [-0.3, -0.25) is 9.69 Å². The third-order valence-electron chi connectivity index (χ3n) is 5.21. The van der Waals surface area contributed by atoms with Crippen molar-refractivity contribution in [3.05, 3.63) is 39.3 Å². The predicted molar refractivity (Wildman–Crippen MR) is 115 cm³/mol. The van der Waals surface area contributed by atoms with Gasteiger partial charge < -0.3 is 10.2 Å². The number of nitrogens with one attached hydrogen (secondary N) is 1. The summed E-state index contributed by atoms with van der Waals surface area (Å²) < 4.78 is 0. The lowest BCUT2D eigenvalue weighted by Crippen LogP contribution is -2.38. The van der Waals surface area contributed by atoms with E-state index in [2.05, 4.69) is 37.7 Å². The van der Waals surface area contributed by atoms with E-state index in [1.54, 1.807) is 0 Å². The molecule has 1 fully saturated rings. The Morgan fingerprint density at radius 2 is 2.11 bits per heavy atom. The number of nitrogens with zero attached hydrogens (tertiary/aromatic N) is 4. The number of hydrogen-bond donors (Lipinski definition) is 1. The molecule has 0 aliphatic carbocycles. The number of likely N-dealkylation sites (tertiary alicyclic amines) is 1. The molecule has 3 rings (SSSR count). The van der Waals surface area contributed by atoms with Crippen LogP contribution in [-0.4, -0.2) is 53.5 Å². The fourth-order valence-electron chi connectivity index (χ4n) is 3.47. The van der Waals surface area contributed by atoms with Crippen LogP contribution >= 0.6 is 22.9 Å². The summed E-state index contributed by atoms with van der Waals surface area (Å²) in [6.07, 6.45) is 3.70. The van der Waals surface area contributed by atoms with Gasteiger partial charge in [0.25, 0.3) is 5.91 Å². The van der Waals surface area contributed by atoms with Gasteiger partial charge in [0.1, 0.15) is 0 Å². The van der Waals surface area contributed by atoms with Gasteiger partial charge in [0.05, 0.1) is 11.2 Å². The molecule has 1 N–H and O–H groups in total. The van der Waals surface area contributed by atoms with Crippen LogP contribution in [0.3, 0.4) is 0 Å². The quantitative estimate of drug-likeness (QED) is 0.704. The molecule has 0 bridgehead atoms. The maximum Gasteiger partial charge on any atom is 0.271 e. The maximum absolute atomic E-state index is 12.6. The van der Waals surface area contributed by atoms with Crippen molar-refractivity contribution < 1.29 is 4.79 Å². The third kappa shape index (κ3) is 5.43. The van der Waals surface area contributed by atoms with Crippen LogP contribution in [-0.2, 0) is 6.54 Å². The Kier molecular flexibility index (Phi) is 7.65. The summed E-state index contributed by atoms with van der Waals surface area (Å²) in [5.74, 6) is 0.814. The van der Waals surface area contributed by atoms with Crippen molar-refractivity contribution in [3.8, 4) is 0 Å². The topological polar surface area (TPSA) is 61.4 Å². The van der Waals surface area contributed by atoms with Gasteiger partial charge in [-0.25, -0.2) is 9.97 Å². The summed E-state index contributed by atoms with van der Waals surface area (Å²) in [5, 5.41) is 5.44. The molecule has 8 heteroatoms. The van der Waals surface area contributed by atoms with Gasteiger partial charge >= 0.3 is 0 Å². The lowest BCUT2D eigenvalue weighted by molar-refractivity contribution is 0.0930. The first-order valence-electron chi connectivity index (χ1n) is 9.91. The Hall–Kier alpha value is -1.70. The van der Waals surface area contributed by atoms with Crippen molar-refractivity contribution in [2.75, 3.05) is 37.6 Å². The monoisotopic (exact) mass is 421 g/mol. The fraction of sp³-hybridized carbons (Fsp3) is 0.550. The van der Waals surface area contributed by atoms with Crippen molar-refractivity contribution in [1.82, 2.24) is 20.2 Å². The van der Waals surface area contributed by atoms with Gasteiger partial charge in [-0.05, 0) is 57.1 Å². The summed E-state index contributed by atoms with van der Waals surface area (Å²) in [7, 11) is 0. The summed E-state index contributed by atoms with van der Waals surface area (Å²) in [4.78, 5) is 27.2. The predicted octanol–water partition coefficient (Wildman–Crippen LogP) is 3.68. The van der Waals surface area contributed by atoms with E-state index < -0.39 is 0 Å². The molecule has 0 saturated carbocycles. The van der Waals surface area contributed by atoms with Crippen LogP contribution < -0.4 is 10.2 Å². The van der Waals surface area contributed by atoms with E-state index in [9.17, 15) is 4.79 Å². The van der Waals surface area contributed by atoms with Gasteiger partial charge in [-0.1, -0.05) is 17.7 Å². The third-order valence-corrected chi connectivity index (χ3v) is 6.35. The number of amides is 1. The second-order valence-corrected chi connectivity index (χ2v) is 8.49. The SMILES string of the molecule is CCN(CC)c1ncc(Cl)c(C(=O)NCC2CCN(Cc3cccs3)CC2)n1. The lowest BCUT2D eigenvalue weighted by atomic mass is 9.96. The lowest BCUT2D eigenvalue weighted by Gasteiger charge is -2.31. The zero-order valence-electron chi connectivity index (χ0n) is 16.5. The fourth-order valence-corrected chi connectivity index (χ4v) is 4.39. The second kappa shape index (κ2) is 10.2. The van der Waals surface area contributed by atoms with E-state index in [0.717, 1.165) is 45.6 Å². The number of rotatable bonds is 8. The number of anilines is 1. The molecule has 2 aromatic heterocycles. The van der Waals surface area contributed by atoms with Gasteiger partial charge in [0.2, 0.25) is 5.95 Å². The number of carbonyl (C=O) groups excluding carboxylic acids is 1. The molecule has 1 aliphatic heterocycles. The van der Waals surface area contributed by atoms with E-state index in [0.29, 0.717) is 23.4 Å². The molecular formula is C20H28ClN5OS. The van der Waals surface area contributed by atoms with Crippen molar-refractivity contribution in [1.29, 1.82) is 0 Å². The molecule has 1 aliphatic rings. The molecule has 0 unspecified atom stereocenters. The van der Waals surface area contributed by atoms with E-state index in [4.69, 9.17) is 11.6 Å². The Balaban J connectivity index is 1.50. The standard InChI is InChI=1S/C20H28ClN5OS/c1-3-26(4-2)20-23-13-17(21)18(24-20)19(27)22-12-15-7-9-25(10-8-15)14-16-6-5-11-28-16/h5-6,11,13,15H,3-4,7-10,12,14H2,1-2H3,(H,22,27). The minimum atomic E-state index is -0.221. The molecule has 152 valence electrons. The Morgan fingerprint density at radius 1 is 1.36 bits per heavy atom. The molecule has 3 heterocycles. The van der Waals surface area contributed by atoms with Crippen LogP contribution in [0.5, 0.6) is 0 Å². The van der Waals surface area contributed by atoms with Crippen molar-refractivity contribution in [2.24, 2.45) is 5.92 Å². The highest BCUT2D eigenvalue weighted by Gasteiger charge is 2.22. The number of halogens is 1. The second-order valence-electron chi connectivity index (χ2n) is 7.05. The Bertz CT molecular complexity index is 758. The number of piperidine rings is 1. The summed E-state index contributed by atoms with van der Waals surface area (Å²) in [5.41, 5.74) is 0.258. The van der Waals surface area contributed by atoms with Crippen LogP contribution in [0, 0.1) is 5.92 Å². The largest absolute Gasteiger partial charge is 0.350 e. The van der Waals surface area contributed by atoms with Crippen LogP contribution in [0.2, 0.25) is 5.02 Å². The highest BCUT2D eigenvalue weighted by Crippen LogP contribution is 2.21. The minimum Gasteiger partial charge on any atom is -0.350 e. The van der Waals surface area contributed by atoms with Gasteiger partial charge in [0, 0.05) is 31.1 Å². The first-order valence-corrected chi connectivity index (χ1v) is 11.2. The molecule has 6 nitrogen and oxygen atoms in total. The minimum absolute atomic E-state index is 0.221. The van der Waals surface area contributed by atoms with Gasteiger partial charge in [-0.15, -0.1) is 11.3 Å². The Morgan fingerprint density at radius 3 is 2.75 bits per heavy atom. The molecule has 1 saturated heterocycles. The maximum atomic E-state index is 12.6. The normalized spacial score (nSPS) is 15.5. The Labute approximate surface area is 175 Å². The van der Waals surface area contributed by atoms with Crippen molar-refractivity contribution >= 4 is 34.8 Å². The van der Waals surface area contributed by atoms with E-state index in [-0.39, 0.29) is 11.6 Å². The molecule has 2 aromatic rings. The first kappa shape index (κ1) is 21.0. The highest BCUT2D eigenvalue weighted by atomic mass is 35.5. The molecule has 0 aromatic carbocycles. The van der Waals surface area contributed by atoms with E-state index in [1.165, 1.54) is 11.1 Å². The van der Waals surface area contributed by atoms with Crippen LogP contribution in [0.25, 0.3) is 0 Å². The van der Waals surface area contributed by atoms with Gasteiger partial charge in [0.15, 0.2) is 5.69 Å². The highest BCUT2D eigenvalue weighted by molar-refractivity contribution is 7.09. The molecule has 28 heavy (non-hydrogen) atoms. The summed E-state index contributed by atoms with van der Waals surface area (Å²) >= 11 is 7.99. The molecule has 0 atom stereocenters. The zero-order valence-corrected chi connectivity index (χ0v) is 18.1. The van der Waals surface area contributed by atoms with Crippen LogP contribution in [0.4, 0.5) is 5.95 Å². The zero-order chi connectivity index (χ0) is 19.9. The molecule has 1 amide bonds. The van der Waals surface area contributed by atoms with Crippen molar-refractivity contribution in [3.63, 3.8) is 0 Å².